The number of ketones is 1. The van der Waals surface area contributed by atoms with E-state index < -0.39 is 0 Å². The van der Waals surface area contributed by atoms with E-state index in [0.29, 0.717) is 17.1 Å². The first-order chi connectivity index (χ1) is 13.9. The number of nitrogens with zero attached hydrogens (tertiary/aromatic N) is 1. The molecule has 5 rings (SSSR count). The second kappa shape index (κ2) is 6.69. The Kier molecular flexibility index (Phi) is 4.57. The normalized spacial score (nSPS) is 50.1. The molecule has 0 heterocycles. The first kappa shape index (κ1) is 19.8. The van der Waals surface area contributed by atoms with Gasteiger partial charge in [0, 0.05) is 5.41 Å². The fraction of sp³-hybridized carbons (Fsp3) is 0.846. The van der Waals surface area contributed by atoms with Crippen molar-refractivity contribution in [3.8, 4) is 0 Å². The Morgan fingerprint density at radius 3 is 2.66 bits per heavy atom. The van der Waals surface area contributed by atoms with Gasteiger partial charge in [0.15, 0.2) is 0 Å². The summed E-state index contributed by atoms with van der Waals surface area (Å²) in [6, 6.07) is 0. The van der Waals surface area contributed by atoms with Crippen molar-refractivity contribution in [3.63, 3.8) is 0 Å². The Labute approximate surface area is 176 Å². The number of fused-ring (bicyclic) bond motifs is 7. The van der Waals surface area contributed by atoms with Crippen LogP contribution in [0.2, 0.25) is 0 Å². The molecule has 29 heavy (non-hydrogen) atoms. The lowest BCUT2D eigenvalue weighted by molar-refractivity contribution is -0.147. The van der Waals surface area contributed by atoms with Crippen LogP contribution in [0.3, 0.4) is 0 Å². The van der Waals surface area contributed by atoms with Gasteiger partial charge in [0.25, 0.3) is 0 Å². The topological polar surface area (TPSA) is 38.7 Å². The van der Waals surface area contributed by atoms with E-state index in [0.717, 1.165) is 36.3 Å². The third-order valence-electron chi connectivity index (χ3n) is 10.8. The van der Waals surface area contributed by atoms with Crippen LogP contribution in [0, 0.1) is 39.9 Å². The molecule has 0 unspecified atom stereocenters. The van der Waals surface area contributed by atoms with E-state index in [-0.39, 0.29) is 10.8 Å². The van der Waals surface area contributed by atoms with Gasteiger partial charge in [-0.05, 0) is 105 Å². The Hall–Kier alpha value is -1.12. The Bertz CT molecular complexity index is 769. The molecule has 0 saturated heterocycles. The molecule has 3 nitrogen and oxygen atoms in total. The van der Waals surface area contributed by atoms with Crippen molar-refractivity contribution in [2.75, 3.05) is 7.11 Å². The van der Waals surface area contributed by atoms with E-state index in [9.17, 15) is 4.79 Å². The van der Waals surface area contributed by atoms with E-state index >= 15 is 0 Å². The number of carbonyl (C=O) groups is 1. The molecule has 4 fully saturated rings. The van der Waals surface area contributed by atoms with Gasteiger partial charge >= 0.3 is 0 Å². The second-order valence-corrected chi connectivity index (χ2v) is 11.4. The first-order valence-electron chi connectivity index (χ1n) is 12.2. The van der Waals surface area contributed by atoms with Gasteiger partial charge in [-0.15, -0.1) is 0 Å². The molecular weight excluding hydrogens is 358 g/mol. The lowest BCUT2D eigenvalue weighted by Gasteiger charge is -2.60. The van der Waals surface area contributed by atoms with Gasteiger partial charge in [-0.1, -0.05) is 37.4 Å². The van der Waals surface area contributed by atoms with Crippen LogP contribution in [-0.4, -0.2) is 18.6 Å². The van der Waals surface area contributed by atoms with E-state index in [1.54, 1.807) is 12.7 Å². The van der Waals surface area contributed by atoms with Crippen LogP contribution in [0.1, 0.15) is 91.4 Å². The molecule has 0 spiro atoms. The zero-order valence-electron chi connectivity index (χ0n) is 18.9. The van der Waals surface area contributed by atoms with Crippen molar-refractivity contribution in [3.05, 3.63) is 11.6 Å². The number of oxime groups is 1. The van der Waals surface area contributed by atoms with Crippen molar-refractivity contribution in [1.82, 2.24) is 0 Å². The number of hydrogen-bond donors (Lipinski definition) is 0. The van der Waals surface area contributed by atoms with Crippen LogP contribution < -0.4 is 0 Å². The molecule has 0 aromatic carbocycles. The zero-order valence-corrected chi connectivity index (χ0v) is 18.9. The second-order valence-electron chi connectivity index (χ2n) is 11.4. The molecule has 160 valence electrons. The summed E-state index contributed by atoms with van der Waals surface area (Å²) in [6.45, 7) is 7.02. The predicted molar refractivity (Wildman–Crippen MR) is 117 cm³/mol. The van der Waals surface area contributed by atoms with Gasteiger partial charge in [-0.2, -0.15) is 0 Å². The van der Waals surface area contributed by atoms with E-state index in [1.807, 2.05) is 6.92 Å². The molecule has 0 amide bonds. The van der Waals surface area contributed by atoms with E-state index in [2.05, 4.69) is 25.1 Å². The maximum Gasteiger partial charge on any atom is 0.136 e. The summed E-state index contributed by atoms with van der Waals surface area (Å²) < 4.78 is 0. The molecule has 0 aromatic heterocycles. The Morgan fingerprint density at radius 1 is 1.07 bits per heavy atom. The van der Waals surface area contributed by atoms with Crippen LogP contribution in [0.15, 0.2) is 16.8 Å². The fourth-order valence-corrected chi connectivity index (χ4v) is 9.56. The number of hydrogen-bond acceptors (Lipinski definition) is 3. The lowest BCUT2D eigenvalue weighted by atomic mass is 9.44. The van der Waals surface area contributed by atoms with E-state index in [4.69, 9.17) is 4.84 Å². The lowest BCUT2D eigenvalue weighted by Crippen LogP contribution is -2.55. The number of carbonyl (C=O) groups excluding carboxylic acids is 1. The molecule has 5 aliphatic rings. The third-order valence-corrected chi connectivity index (χ3v) is 10.8. The summed E-state index contributed by atoms with van der Waals surface area (Å²) in [5, 5.41) is 4.25. The molecule has 0 aromatic rings. The Morgan fingerprint density at radius 2 is 1.90 bits per heavy atom. The molecule has 0 bridgehead atoms. The molecule has 4 saturated carbocycles. The minimum atomic E-state index is -0.0111. The molecule has 7 atom stereocenters. The van der Waals surface area contributed by atoms with Crippen LogP contribution in [0.4, 0.5) is 0 Å². The highest BCUT2D eigenvalue weighted by Crippen LogP contribution is 2.74. The standard InChI is InChI=1S/C26H39NO2/c1-17(28)26-12-6-5-7-19(26)16-23-21-9-8-18-15-20(27-29-4)10-13-24(18,2)22(21)11-14-25(23,26)3/h15,19,21-23H,5-14,16H2,1-4H3/b27-20-/t19-,21+,22-,23+,24+,25+,26+/m1/s1. The van der Waals surface area contributed by atoms with E-state index in [1.165, 1.54) is 57.8 Å². The van der Waals surface area contributed by atoms with Gasteiger partial charge < -0.3 is 4.84 Å². The van der Waals surface area contributed by atoms with Crippen molar-refractivity contribution in [1.29, 1.82) is 0 Å². The quantitative estimate of drug-likeness (QED) is 0.511. The molecule has 0 N–H and O–H groups in total. The summed E-state index contributed by atoms with van der Waals surface area (Å²) in [5.41, 5.74) is 3.30. The smallest absolute Gasteiger partial charge is 0.136 e. The monoisotopic (exact) mass is 397 g/mol. The SMILES string of the molecule is CO/N=C1\C=C2CC[C@H]3[C@@H](CC[C@@]4(C)[C@H]3C[C@H]3CCCC[C@]34C(C)=O)[C@@]2(C)CC1. The maximum atomic E-state index is 13.2. The fourth-order valence-electron chi connectivity index (χ4n) is 9.56. The van der Waals surface area contributed by atoms with Gasteiger partial charge in [0.1, 0.15) is 12.9 Å². The zero-order chi connectivity index (χ0) is 20.4. The highest BCUT2D eigenvalue weighted by molar-refractivity contribution is 5.96. The van der Waals surface area contributed by atoms with Crippen LogP contribution in [0.25, 0.3) is 0 Å². The summed E-state index contributed by atoms with van der Waals surface area (Å²) in [7, 11) is 1.66. The number of Topliss-reactive ketones (excluding diaryl/α,β-unsaturated/α-hetero) is 1. The molecule has 5 aliphatic carbocycles. The largest absolute Gasteiger partial charge is 0.399 e. The summed E-state index contributed by atoms with van der Waals surface area (Å²) >= 11 is 0. The van der Waals surface area contributed by atoms with Crippen molar-refractivity contribution in [2.45, 2.75) is 91.4 Å². The predicted octanol–water partition coefficient (Wildman–Crippen LogP) is 6.33. The summed E-state index contributed by atoms with van der Waals surface area (Å²) in [5.74, 6) is 3.51. The molecular formula is C26H39NO2. The summed E-state index contributed by atoms with van der Waals surface area (Å²) in [4.78, 5) is 18.2. The highest BCUT2D eigenvalue weighted by Gasteiger charge is 2.69. The molecule has 0 radical (unpaired) electrons. The van der Waals surface area contributed by atoms with Crippen molar-refractivity contribution in [2.24, 2.45) is 45.1 Å². The average Bonchev–Trinajstić information content (AvgIpc) is 2.98. The minimum Gasteiger partial charge on any atom is -0.399 e. The average molecular weight is 398 g/mol. The molecule has 0 aliphatic heterocycles. The number of rotatable bonds is 2. The van der Waals surface area contributed by atoms with Gasteiger partial charge in [0.05, 0.1) is 5.71 Å². The first-order valence-corrected chi connectivity index (χ1v) is 12.2. The Balaban J connectivity index is 1.50. The number of allylic oxidation sites excluding steroid dienone is 2. The van der Waals surface area contributed by atoms with Crippen molar-refractivity contribution < 1.29 is 9.63 Å². The highest BCUT2D eigenvalue weighted by atomic mass is 16.6. The maximum absolute atomic E-state index is 13.2. The van der Waals surface area contributed by atoms with Gasteiger partial charge in [-0.3, -0.25) is 4.79 Å². The van der Waals surface area contributed by atoms with Gasteiger partial charge in [-0.25, -0.2) is 0 Å². The van der Waals surface area contributed by atoms with Crippen LogP contribution >= 0.6 is 0 Å². The van der Waals surface area contributed by atoms with Crippen molar-refractivity contribution >= 4 is 11.5 Å². The molecule has 3 heteroatoms. The third kappa shape index (κ3) is 2.48. The van der Waals surface area contributed by atoms with Gasteiger partial charge in [0.2, 0.25) is 0 Å². The summed E-state index contributed by atoms with van der Waals surface area (Å²) in [6.07, 6.45) is 16.1. The van der Waals surface area contributed by atoms with Crippen LogP contribution in [0.5, 0.6) is 0 Å². The van der Waals surface area contributed by atoms with Crippen LogP contribution in [-0.2, 0) is 9.63 Å². The minimum absolute atomic E-state index is 0.0111.